The first-order valence-electron chi connectivity index (χ1n) is 8.20. The Balaban J connectivity index is 1.84. The van der Waals surface area contributed by atoms with E-state index in [1.54, 1.807) is 24.4 Å². The van der Waals surface area contributed by atoms with Crippen LogP contribution in [0.2, 0.25) is 0 Å². The number of hydrogen-bond acceptors (Lipinski definition) is 6. The van der Waals surface area contributed by atoms with Crippen LogP contribution in [0.25, 0.3) is 0 Å². The molecule has 0 fully saturated rings. The lowest BCUT2D eigenvalue weighted by molar-refractivity contribution is -0.153. The molecule has 8 heteroatoms. The highest BCUT2D eigenvalue weighted by molar-refractivity contribution is 7.07. The van der Waals surface area contributed by atoms with Crippen molar-refractivity contribution >= 4 is 34.6 Å². The Morgan fingerprint density at radius 2 is 1.92 bits per heavy atom. The van der Waals surface area contributed by atoms with Crippen LogP contribution in [0, 0.1) is 6.92 Å². The topological polar surface area (TPSA) is 80.6 Å². The van der Waals surface area contributed by atoms with Crippen LogP contribution in [0.15, 0.2) is 34.4 Å². The van der Waals surface area contributed by atoms with Gasteiger partial charge in [0.15, 0.2) is 6.10 Å². The molecular weight excluding hydrogens is 354 g/mol. The van der Waals surface area contributed by atoms with E-state index in [0.717, 1.165) is 22.7 Å². The SMILES string of the molecule is Cc1csc(=O)n1CCC(=O)OC(C)C(=O)Nc1ccc(N(C)C)cc1. The average Bonchev–Trinajstić information content (AvgIpc) is 2.91. The van der Waals surface area contributed by atoms with Gasteiger partial charge in [-0.05, 0) is 38.1 Å². The maximum Gasteiger partial charge on any atom is 0.308 e. The molecule has 0 aliphatic heterocycles. The maximum absolute atomic E-state index is 12.2. The highest BCUT2D eigenvalue weighted by Crippen LogP contribution is 2.16. The smallest absolute Gasteiger partial charge is 0.308 e. The number of nitrogens with zero attached hydrogens (tertiary/aromatic N) is 2. The standard InChI is InChI=1S/C18H23N3O4S/c1-12-11-26-18(24)21(12)10-9-16(22)25-13(2)17(23)19-14-5-7-15(8-6-14)20(3)4/h5-8,11,13H,9-10H2,1-4H3,(H,19,23). The summed E-state index contributed by atoms with van der Waals surface area (Å²) in [5.41, 5.74) is 2.45. The largest absolute Gasteiger partial charge is 0.452 e. The Morgan fingerprint density at radius 3 is 2.46 bits per heavy atom. The van der Waals surface area contributed by atoms with Gasteiger partial charge in [0.2, 0.25) is 0 Å². The average molecular weight is 377 g/mol. The van der Waals surface area contributed by atoms with Crippen molar-refractivity contribution in [2.45, 2.75) is 32.9 Å². The van der Waals surface area contributed by atoms with Crippen LogP contribution in [0.3, 0.4) is 0 Å². The Morgan fingerprint density at radius 1 is 1.27 bits per heavy atom. The van der Waals surface area contributed by atoms with Gasteiger partial charge in [-0.25, -0.2) is 0 Å². The number of aromatic nitrogens is 1. The van der Waals surface area contributed by atoms with E-state index >= 15 is 0 Å². The van der Waals surface area contributed by atoms with Crippen molar-refractivity contribution in [1.29, 1.82) is 0 Å². The zero-order valence-electron chi connectivity index (χ0n) is 15.3. The van der Waals surface area contributed by atoms with Crippen LogP contribution in [-0.4, -0.2) is 36.6 Å². The van der Waals surface area contributed by atoms with Gasteiger partial charge in [-0.3, -0.25) is 14.4 Å². The van der Waals surface area contributed by atoms with Crippen molar-refractivity contribution in [3.05, 3.63) is 45.0 Å². The van der Waals surface area contributed by atoms with Crippen molar-refractivity contribution in [3.63, 3.8) is 0 Å². The summed E-state index contributed by atoms with van der Waals surface area (Å²) in [6.07, 6.45) is -0.886. The first-order chi connectivity index (χ1) is 12.3. The molecule has 0 aliphatic carbocycles. The molecule has 1 aromatic heterocycles. The summed E-state index contributed by atoms with van der Waals surface area (Å²) in [6, 6.07) is 7.33. The lowest BCUT2D eigenvalue weighted by Gasteiger charge is -2.15. The van der Waals surface area contributed by atoms with Crippen molar-refractivity contribution in [3.8, 4) is 0 Å². The van der Waals surface area contributed by atoms with Crippen molar-refractivity contribution in [2.24, 2.45) is 0 Å². The number of hydrogen-bond donors (Lipinski definition) is 1. The fourth-order valence-corrected chi connectivity index (χ4v) is 3.04. The molecular formula is C18H23N3O4S. The zero-order valence-corrected chi connectivity index (χ0v) is 16.1. The molecule has 7 nitrogen and oxygen atoms in total. The number of anilines is 2. The van der Waals surface area contributed by atoms with Crippen molar-refractivity contribution in [1.82, 2.24) is 4.57 Å². The first kappa shape index (κ1) is 19.7. The van der Waals surface area contributed by atoms with E-state index in [4.69, 9.17) is 4.74 Å². The number of aryl methyl sites for hydroxylation is 1. The van der Waals surface area contributed by atoms with Gasteiger partial charge in [0, 0.05) is 43.1 Å². The second-order valence-electron chi connectivity index (χ2n) is 6.11. The van der Waals surface area contributed by atoms with Gasteiger partial charge in [0.1, 0.15) is 0 Å². The molecule has 1 aromatic carbocycles. The van der Waals surface area contributed by atoms with Crippen molar-refractivity contribution in [2.75, 3.05) is 24.3 Å². The molecule has 0 saturated carbocycles. The minimum Gasteiger partial charge on any atom is -0.452 e. The van der Waals surface area contributed by atoms with Crippen LogP contribution in [-0.2, 0) is 20.9 Å². The van der Waals surface area contributed by atoms with E-state index < -0.39 is 18.0 Å². The minimum atomic E-state index is -0.920. The van der Waals surface area contributed by atoms with Gasteiger partial charge in [-0.15, -0.1) is 0 Å². The molecule has 1 unspecified atom stereocenters. The molecule has 26 heavy (non-hydrogen) atoms. The molecule has 0 bridgehead atoms. The molecule has 0 radical (unpaired) electrons. The molecule has 2 rings (SSSR count). The summed E-state index contributed by atoms with van der Waals surface area (Å²) in [5.74, 6) is -0.923. The number of carbonyl (C=O) groups is 2. The fourth-order valence-electron chi connectivity index (χ4n) is 2.27. The van der Waals surface area contributed by atoms with Crippen LogP contribution >= 0.6 is 11.3 Å². The monoisotopic (exact) mass is 377 g/mol. The van der Waals surface area contributed by atoms with E-state index in [0.29, 0.717) is 5.69 Å². The predicted octanol–water partition coefficient (Wildman–Crippen LogP) is 2.24. The number of ether oxygens (including phenoxy) is 1. The summed E-state index contributed by atoms with van der Waals surface area (Å²) in [5, 5.41) is 4.45. The number of carbonyl (C=O) groups excluding carboxylic acids is 2. The first-order valence-corrected chi connectivity index (χ1v) is 9.08. The molecule has 1 N–H and O–H groups in total. The summed E-state index contributed by atoms with van der Waals surface area (Å²) in [6.45, 7) is 3.57. The third kappa shape index (κ3) is 5.19. The number of amides is 1. The van der Waals surface area contributed by atoms with Gasteiger partial charge in [0.05, 0.1) is 6.42 Å². The second-order valence-corrected chi connectivity index (χ2v) is 6.93. The molecule has 2 aromatic rings. The van der Waals surface area contributed by atoms with Crippen LogP contribution < -0.4 is 15.1 Å². The number of nitrogens with one attached hydrogen (secondary N) is 1. The van der Waals surface area contributed by atoms with Gasteiger partial charge in [-0.1, -0.05) is 11.3 Å². The van der Waals surface area contributed by atoms with Crippen molar-refractivity contribution < 1.29 is 14.3 Å². The Labute approximate surface area is 156 Å². The number of benzene rings is 1. The summed E-state index contributed by atoms with van der Waals surface area (Å²) in [7, 11) is 3.86. The third-order valence-corrected chi connectivity index (χ3v) is 4.73. The Bertz CT molecular complexity index is 824. The number of esters is 1. The molecule has 0 aliphatic rings. The van der Waals surface area contributed by atoms with Crippen LogP contribution in [0.5, 0.6) is 0 Å². The van der Waals surface area contributed by atoms with Gasteiger partial charge < -0.3 is 19.5 Å². The van der Waals surface area contributed by atoms with Gasteiger partial charge in [0.25, 0.3) is 5.91 Å². The lowest BCUT2D eigenvalue weighted by atomic mass is 10.2. The molecule has 1 heterocycles. The lowest BCUT2D eigenvalue weighted by Crippen LogP contribution is -2.30. The number of rotatable bonds is 7. The second kappa shape index (κ2) is 8.66. The van der Waals surface area contributed by atoms with Gasteiger partial charge in [-0.2, -0.15) is 0 Å². The Kier molecular flexibility index (Phi) is 6.57. The van der Waals surface area contributed by atoms with Crippen LogP contribution in [0.4, 0.5) is 11.4 Å². The zero-order chi connectivity index (χ0) is 19.3. The molecule has 1 amide bonds. The van der Waals surface area contributed by atoms with E-state index in [1.165, 1.54) is 11.5 Å². The Hall–Kier alpha value is -2.61. The molecule has 1 atom stereocenters. The van der Waals surface area contributed by atoms with Crippen LogP contribution in [0.1, 0.15) is 19.0 Å². The maximum atomic E-state index is 12.2. The molecule has 0 saturated heterocycles. The highest BCUT2D eigenvalue weighted by Gasteiger charge is 2.18. The highest BCUT2D eigenvalue weighted by atomic mass is 32.1. The quantitative estimate of drug-likeness (QED) is 0.749. The third-order valence-electron chi connectivity index (χ3n) is 3.84. The van der Waals surface area contributed by atoms with Gasteiger partial charge >= 0.3 is 10.8 Å². The van der Waals surface area contributed by atoms with E-state index in [1.807, 2.05) is 31.1 Å². The summed E-state index contributed by atoms with van der Waals surface area (Å²) < 4.78 is 6.67. The molecule has 0 spiro atoms. The summed E-state index contributed by atoms with van der Waals surface area (Å²) in [4.78, 5) is 37.5. The normalized spacial score (nSPS) is 11.7. The van der Waals surface area contributed by atoms with E-state index in [2.05, 4.69) is 5.32 Å². The molecule has 140 valence electrons. The predicted molar refractivity (Wildman–Crippen MR) is 103 cm³/mol. The van der Waals surface area contributed by atoms with E-state index in [9.17, 15) is 14.4 Å². The minimum absolute atomic E-state index is 0.0344. The number of thiazole rings is 1. The summed E-state index contributed by atoms with van der Waals surface area (Å²) >= 11 is 1.09. The fraction of sp³-hybridized carbons (Fsp3) is 0.389. The van der Waals surface area contributed by atoms with E-state index in [-0.39, 0.29) is 17.8 Å².